The van der Waals surface area contributed by atoms with Gasteiger partial charge >= 0.3 is 0 Å². The van der Waals surface area contributed by atoms with Crippen LogP contribution >= 0.6 is 12.2 Å². The van der Waals surface area contributed by atoms with E-state index in [1.807, 2.05) is 44.2 Å². The second kappa shape index (κ2) is 8.83. The van der Waals surface area contributed by atoms with E-state index in [4.69, 9.17) is 12.2 Å². The molecule has 0 saturated heterocycles. The van der Waals surface area contributed by atoms with Crippen LogP contribution in [0.3, 0.4) is 0 Å². The molecule has 0 spiro atoms. The predicted molar refractivity (Wildman–Crippen MR) is 116 cm³/mol. The highest BCUT2D eigenvalue weighted by atomic mass is 32.1. The van der Waals surface area contributed by atoms with Crippen LogP contribution in [0, 0.1) is 18.6 Å². The van der Waals surface area contributed by atoms with Gasteiger partial charge in [-0.2, -0.15) is 5.10 Å². The highest BCUT2D eigenvalue weighted by molar-refractivity contribution is 7.71. The lowest BCUT2D eigenvalue weighted by Crippen LogP contribution is -2.20. The maximum Gasteiger partial charge on any atom is 0.244 e. The zero-order valence-corrected chi connectivity index (χ0v) is 17.4. The van der Waals surface area contributed by atoms with Gasteiger partial charge in [0.05, 0.1) is 0 Å². The Hall–Kier alpha value is -3.26. The number of rotatable bonds is 6. The molecule has 0 saturated carbocycles. The quantitative estimate of drug-likeness (QED) is 0.532. The number of H-pyrrole nitrogens is 1. The molecule has 7 nitrogen and oxygen atoms in total. The number of hydrogen-bond acceptors (Lipinski definition) is 4. The van der Waals surface area contributed by atoms with Gasteiger partial charge in [0.1, 0.15) is 6.54 Å². The number of benzene rings is 2. The van der Waals surface area contributed by atoms with Gasteiger partial charge in [0.2, 0.25) is 11.8 Å². The van der Waals surface area contributed by atoms with E-state index < -0.39 is 0 Å². The van der Waals surface area contributed by atoms with Crippen molar-refractivity contribution in [3.63, 3.8) is 0 Å². The lowest BCUT2D eigenvalue weighted by Gasteiger charge is -2.12. The third-order valence-corrected chi connectivity index (χ3v) is 4.80. The number of anilines is 2. The number of aromatic amines is 1. The Morgan fingerprint density at radius 3 is 2.48 bits per heavy atom. The van der Waals surface area contributed by atoms with Crippen LogP contribution < -0.4 is 10.6 Å². The lowest BCUT2D eigenvalue weighted by atomic mass is 10.1. The minimum Gasteiger partial charge on any atom is -0.326 e. The molecular weight excluding hydrogens is 386 g/mol. The van der Waals surface area contributed by atoms with Crippen LogP contribution in [0.2, 0.25) is 0 Å². The second-order valence-electron chi connectivity index (χ2n) is 6.78. The van der Waals surface area contributed by atoms with Crippen LogP contribution in [-0.2, 0) is 16.1 Å². The molecule has 1 heterocycles. The maximum atomic E-state index is 12.7. The first-order valence-electron chi connectivity index (χ1n) is 9.30. The Morgan fingerprint density at radius 1 is 1.07 bits per heavy atom. The standard InChI is InChI=1S/C21H23N5O2S/c1-4-18(27)22-16-10-7-14(3)17(11-16)23-19(28)12-26-20(24-25-21(26)29)15-8-5-13(2)6-9-15/h5-11H,4,12H2,1-3H3,(H,22,27)(H,23,28)(H,25,29). The van der Waals surface area contributed by atoms with Gasteiger partial charge in [-0.3, -0.25) is 19.3 Å². The largest absolute Gasteiger partial charge is 0.326 e. The third kappa shape index (κ3) is 4.97. The number of carbonyl (C=O) groups is 2. The molecule has 2 aromatic carbocycles. The lowest BCUT2D eigenvalue weighted by molar-refractivity contribution is -0.117. The van der Waals surface area contributed by atoms with Crippen LogP contribution in [0.4, 0.5) is 11.4 Å². The van der Waals surface area contributed by atoms with E-state index in [1.165, 1.54) is 0 Å². The van der Waals surface area contributed by atoms with Gasteiger partial charge in [0, 0.05) is 23.4 Å². The zero-order valence-electron chi connectivity index (χ0n) is 16.6. The number of amides is 2. The number of nitrogens with one attached hydrogen (secondary N) is 3. The molecular formula is C21H23N5O2S. The van der Waals surface area contributed by atoms with Crippen molar-refractivity contribution in [2.45, 2.75) is 33.7 Å². The highest BCUT2D eigenvalue weighted by Gasteiger charge is 2.13. The van der Waals surface area contributed by atoms with Crippen molar-refractivity contribution >= 4 is 35.4 Å². The molecule has 8 heteroatoms. The summed E-state index contributed by atoms with van der Waals surface area (Å²) >= 11 is 5.31. The first-order valence-corrected chi connectivity index (χ1v) is 9.70. The second-order valence-corrected chi connectivity index (χ2v) is 7.17. The van der Waals surface area contributed by atoms with Crippen molar-refractivity contribution in [1.82, 2.24) is 14.8 Å². The van der Waals surface area contributed by atoms with Crippen LogP contribution in [0.15, 0.2) is 42.5 Å². The molecule has 0 fully saturated rings. The Bertz CT molecular complexity index is 1100. The molecule has 29 heavy (non-hydrogen) atoms. The molecule has 0 aliphatic rings. The molecule has 0 aliphatic carbocycles. The Morgan fingerprint density at radius 2 is 1.79 bits per heavy atom. The van der Waals surface area contributed by atoms with Crippen molar-refractivity contribution in [3.8, 4) is 11.4 Å². The summed E-state index contributed by atoms with van der Waals surface area (Å²) in [5, 5.41) is 12.7. The SMILES string of the molecule is CCC(=O)Nc1ccc(C)c(NC(=O)Cn2c(-c3ccc(C)cc3)n[nH]c2=S)c1. The minimum absolute atomic E-state index is 0.0174. The van der Waals surface area contributed by atoms with Gasteiger partial charge in [0.25, 0.3) is 0 Å². The van der Waals surface area contributed by atoms with Gasteiger partial charge in [-0.15, -0.1) is 0 Å². The molecule has 0 unspecified atom stereocenters. The highest BCUT2D eigenvalue weighted by Crippen LogP contribution is 2.22. The number of aromatic nitrogens is 3. The van der Waals surface area contributed by atoms with Gasteiger partial charge in [-0.25, -0.2) is 0 Å². The molecule has 0 atom stereocenters. The molecule has 0 radical (unpaired) electrons. The minimum atomic E-state index is -0.238. The normalized spacial score (nSPS) is 10.6. The smallest absolute Gasteiger partial charge is 0.244 e. The summed E-state index contributed by atoms with van der Waals surface area (Å²) in [6, 6.07) is 13.3. The van der Waals surface area contributed by atoms with Crippen molar-refractivity contribution < 1.29 is 9.59 Å². The Kier molecular flexibility index (Phi) is 6.23. The predicted octanol–water partition coefficient (Wildman–Crippen LogP) is 4.21. The van der Waals surface area contributed by atoms with Crippen LogP contribution in [0.25, 0.3) is 11.4 Å². The number of nitrogens with zero attached hydrogens (tertiary/aromatic N) is 2. The fraction of sp³-hybridized carbons (Fsp3) is 0.238. The molecule has 2 amide bonds. The average molecular weight is 410 g/mol. The summed E-state index contributed by atoms with van der Waals surface area (Å²) in [7, 11) is 0. The van der Waals surface area contributed by atoms with E-state index >= 15 is 0 Å². The van der Waals surface area contributed by atoms with Gasteiger partial charge in [-0.1, -0.05) is 42.8 Å². The van der Waals surface area contributed by atoms with Crippen LogP contribution in [-0.4, -0.2) is 26.6 Å². The Labute approximate surface area is 174 Å². The molecule has 1 aromatic heterocycles. The molecule has 3 aromatic rings. The monoisotopic (exact) mass is 409 g/mol. The zero-order chi connectivity index (χ0) is 21.0. The van der Waals surface area contributed by atoms with E-state index in [1.54, 1.807) is 23.6 Å². The molecule has 3 N–H and O–H groups in total. The van der Waals surface area contributed by atoms with Crippen LogP contribution in [0.5, 0.6) is 0 Å². The summed E-state index contributed by atoms with van der Waals surface area (Å²) < 4.78 is 2.03. The summed E-state index contributed by atoms with van der Waals surface area (Å²) in [4.78, 5) is 24.3. The number of aryl methyl sites for hydroxylation is 2. The van der Waals surface area contributed by atoms with Crippen molar-refractivity contribution in [2.75, 3.05) is 10.6 Å². The molecule has 0 bridgehead atoms. The van der Waals surface area contributed by atoms with Gasteiger partial charge in [0.15, 0.2) is 10.6 Å². The summed E-state index contributed by atoms with van der Waals surface area (Å²) in [6.07, 6.45) is 0.385. The summed E-state index contributed by atoms with van der Waals surface area (Å²) in [5.74, 6) is 0.280. The number of carbonyl (C=O) groups excluding carboxylic acids is 2. The summed E-state index contributed by atoms with van der Waals surface area (Å²) in [5.41, 5.74) is 4.17. The van der Waals surface area contributed by atoms with E-state index in [0.29, 0.717) is 28.4 Å². The van der Waals surface area contributed by atoms with Crippen molar-refractivity contribution in [1.29, 1.82) is 0 Å². The topological polar surface area (TPSA) is 91.8 Å². The van der Waals surface area contributed by atoms with E-state index in [2.05, 4.69) is 20.8 Å². The first kappa shape index (κ1) is 20.5. The van der Waals surface area contributed by atoms with Crippen molar-refractivity contribution in [2.24, 2.45) is 0 Å². The maximum absolute atomic E-state index is 12.7. The van der Waals surface area contributed by atoms with Gasteiger partial charge in [-0.05, 0) is 43.8 Å². The number of hydrogen-bond donors (Lipinski definition) is 3. The van der Waals surface area contributed by atoms with E-state index in [-0.39, 0.29) is 18.4 Å². The summed E-state index contributed by atoms with van der Waals surface area (Å²) in [6.45, 7) is 5.70. The van der Waals surface area contributed by atoms with Gasteiger partial charge < -0.3 is 10.6 Å². The first-order chi connectivity index (χ1) is 13.9. The fourth-order valence-electron chi connectivity index (χ4n) is 2.80. The molecule has 150 valence electrons. The molecule has 0 aliphatic heterocycles. The third-order valence-electron chi connectivity index (χ3n) is 4.49. The fourth-order valence-corrected chi connectivity index (χ4v) is 3.00. The van der Waals surface area contributed by atoms with E-state index in [0.717, 1.165) is 16.7 Å². The molecule has 3 rings (SSSR count). The van der Waals surface area contributed by atoms with Crippen LogP contribution in [0.1, 0.15) is 24.5 Å². The average Bonchev–Trinajstić information content (AvgIpc) is 3.05. The van der Waals surface area contributed by atoms with E-state index in [9.17, 15) is 9.59 Å². The Balaban J connectivity index is 1.79. The van der Waals surface area contributed by atoms with Crippen molar-refractivity contribution in [3.05, 3.63) is 58.4 Å².